The third kappa shape index (κ3) is 6.89. The van der Waals surface area contributed by atoms with Crippen LogP contribution in [0.5, 0.6) is 0 Å². The number of halogens is 1. The zero-order chi connectivity index (χ0) is 36.2. The molecule has 1 saturated heterocycles. The van der Waals surface area contributed by atoms with Crippen LogP contribution < -0.4 is 5.32 Å². The molecule has 4 aromatic rings. The summed E-state index contributed by atoms with van der Waals surface area (Å²) < 4.78 is 29.3. The number of likely N-dealkylation sites (N-methyl/N-ethyl adjacent to an activating group) is 1. The van der Waals surface area contributed by atoms with Gasteiger partial charge < -0.3 is 19.4 Å². The van der Waals surface area contributed by atoms with Crippen LogP contribution in [0.4, 0.5) is 5.69 Å². The first-order valence-electron chi connectivity index (χ1n) is 17.5. The maximum Gasteiger partial charge on any atom is 0.291 e. The van der Waals surface area contributed by atoms with Crippen molar-refractivity contribution in [2.24, 2.45) is 14.1 Å². The van der Waals surface area contributed by atoms with E-state index in [1.54, 1.807) is 4.31 Å². The second-order valence-corrected chi connectivity index (χ2v) is 16.5. The van der Waals surface area contributed by atoms with Gasteiger partial charge in [0.15, 0.2) is 11.6 Å². The minimum absolute atomic E-state index is 0.0791. The van der Waals surface area contributed by atoms with E-state index in [0.717, 1.165) is 90.3 Å². The van der Waals surface area contributed by atoms with Gasteiger partial charge in [0.1, 0.15) is 0 Å². The number of imidazole rings is 2. The third-order valence-electron chi connectivity index (χ3n) is 10.9. The van der Waals surface area contributed by atoms with E-state index in [0.29, 0.717) is 42.0 Å². The van der Waals surface area contributed by atoms with Crippen molar-refractivity contribution in [3.8, 4) is 11.1 Å². The largest absolute Gasteiger partial charge is 0.328 e. The Hall–Kier alpha value is -3.88. The Kier molecular flexibility index (Phi) is 9.70. The second-order valence-electron chi connectivity index (χ2n) is 14.2. The fourth-order valence-corrected chi connectivity index (χ4v) is 9.10. The van der Waals surface area contributed by atoms with Gasteiger partial charge >= 0.3 is 0 Å². The predicted molar refractivity (Wildman–Crippen MR) is 198 cm³/mol. The average Bonchev–Trinajstić information content (AvgIpc) is 3.61. The lowest BCUT2D eigenvalue weighted by Gasteiger charge is -2.39. The molecule has 0 aliphatic carbocycles. The molecule has 51 heavy (non-hydrogen) atoms. The SMILES string of the molecule is Cc1c(NC(=O)c2nc3c(n2C)CCN(C2CCN(S(C)(=O)=O)CC2)C3)cccc1-c1cccc(CC(=O)c2nc3c(n2C)CCN(C)C3)c1Cl. The molecule has 0 radical (unpaired) electrons. The maximum absolute atomic E-state index is 13.7. The number of Topliss-reactive ketones (excluding diaryl/α,β-unsaturated/α-hetero) is 1. The summed E-state index contributed by atoms with van der Waals surface area (Å²) in [6.07, 6.45) is 4.59. The molecule has 1 fully saturated rings. The second kappa shape index (κ2) is 13.9. The monoisotopic (exact) mass is 732 g/mol. The summed E-state index contributed by atoms with van der Waals surface area (Å²) in [5, 5.41) is 3.59. The number of ketones is 1. The highest BCUT2D eigenvalue weighted by molar-refractivity contribution is 7.88. The molecule has 270 valence electrons. The van der Waals surface area contributed by atoms with Crippen LogP contribution in [0.25, 0.3) is 11.1 Å². The number of carbonyl (C=O) groups is 2. The summed E-state index contributed by atoms with van der Waals surface area (Å²) in [6, 6.07) is 11.7. The zero-order valence-electron chi connectivity index (χ0n) is 29.9. The van der Waals surface area contributed by atoms with Crippen molar-refractivity contribution in [1.29, 1.82) is 0 Å². The number of hydrogen-bond donors (Lipinski definition) is 1. The molecule has 0 bridgehead atoms. The number of carbonyl (C=O) groups excluding carboxylic acids is 2. The van der Waals surface area contributed by atoms with Crippen molar-refractivity contribution in [3.63, 3.8) is 0 Å². The van der Waals surface area contributed by atoms with Crippen molar-refractivity contribution in [3.05, 3.63) is 87.0 Å². The molecular formula is C37H45ClN8O4S. The van der Waals surface area contributed by atoms with E-state index < -0.39 is 10.0 Å². The summed E-state index contributed by atoms with van der Waals surface area (Å²) >= 11 is 7.01. The molecule has 2 aromatic carbocycles. The van der Waals surface area contributed by atoms with Gasteiger partial charge in [0, 0.05) is 101 Å². The molecule has 3 aliphatic rings. The summed E-state index contributed by atoms with van der Waals surface area (Å²) in [6.45, 7) is 6.14. The molecule has 12 nitrogen and oxygen atoms in total. The van der Waals surface area contributed by atoms with Gasteiger partial charge in [0.05, 0.1) is 22.7 Å². The van der Waals surface area contributed by atoms with Crippen molar-refractivity contribution < 1.29 is 18.0 Å². The molecule has 1 N–H and O–H groups in total. The first-order valence-corrected chi connectivity index (χ1v) is 19.7. The number of benzene rings is 2. The fraction of sp³-hybridized carbons (Fsp3) is 0.459. The highest BCUT2D eigenvalue weighted by Gasteiger charge is 2.33. The molecule has 1 amide bonds. The van der Waals surface area contributed by atoms with Crippen molar-refractivity contribution >= 4 is 39.0 Å². The van der Waals surface area contributed by atoms with Crippen LogP contribution in [-0.4, -0.2) is 98.8 Å². The van der Waals surface area contributed by atoms with Crippen molar-refractivity contribution in [2.75, 3.05) is 44.8 Å². The lowest BCUT2D eigenvalue weighted by Crippen LogP contribution is -2.47. The van der Waals surface area contributed by atoms with Crippen molar-refractivity contribution in [1.82, 2.24) is 33.2 Å². The minimum atomic E-state index is -3.18. The summed E-state index contributed by atoms with van der Waals surface area (Å²) in [7, 11) is 2.68. The molecule has 0 spiro atoms. The van der Waals surface area contributed by atoms with Gasteiger partial charge in [-0.25, -0.2) is 22.7 Å². The van der Waals surface area contributed by atoms with Gasteiger partial charge in [-0.05, 0) is 49.6 Å². The lowest BCUT2D eigenvalue weighted by molar-refractivity contribution is 0.0977. The van der Waals surface area contributed by atoms with E-state index in [-0.39, 0.29) is 24.2 Å². The van der Waals surface area contributed by atoms with Gasteiger partial charge in [-0.1, -0.05) is 41.9 Å². The van der Waals surface area contributed by atoms with E-state index in [1.165, 1.54) is 6.26 Å². The van der Waals surface area contributed by atoms with E-state index in [2.05, 4.69) is 22.2 Å². The quantitative estimate of drug-likeness (QED) is 0.267. The smallest absolute Gasteiger partial charge is 0.291 e. The molecule has 14 heteroatoms. The molecule has 3 aliphatic heterocycles. The number of fused-ring (bicyclic) bond motifs is 2. The van der Waals surface area contributed by atoms with Crippen LogP contribution in [0, 0.1) is 6.92 Å². The Morgan fingerprint density at radius 2 is 1.49 bits per heavy atom. The number of rotatable bonds is 8. The minimum Gasteiger partial charge on any atom is -0.328 e. The topological polar surface area (TPSA) is 126 Å². The normalized spacial score (nSPS) is 17.7. The molecule has 0 saturated carbocycles. The average molecular weight is 733 g/mol. The summed E-state index contributed by atoms with van der Waals surface area (Å²) in [5.41, 5.74) is 7.88. The van der Waals surface area contributed by atoms with Gasteiger partial charge in [-0.3, -0.25) is 14.5 Å². The molecular weight excluding hydrogens is 688 g/mol. The van der Waals surface area contributed by atoms with E-state index in [1.807, 2.05) is 66.6 Å². The van der Waals surface area contributed by atoms with Crippen LogP contribution in [0.3, 0.4) is 0 Å². The predicted octanol–water partition coefficient (Wildman–Crippen LogP) is 4.23. The van der Waals surface area contributed by atoms with E-state index in [4.69, 9.17) is 21.6 Å². The van der Waals surface area contributed by atoms with Crippen LogP contribution >= 0.6 is 11.6 Å². The Morgan fingerprint density at radius 3 is 2.22 bits per heavy atom. The first-order chi connectivity index (χ1) is 24.3. The van der Waals surface area contributed by atoms with Gasteiger partial charge in [-0.2, -0.15) is 0 Å². The number of piperidine rings is 1. The number of anilines is 1. The van der Waals surface area contributed by atoms with Gasteiger partial charge in [0.2, 0.25) is 15.8 Å². The number of amides is 1. The molecule has 0 unspecified atom stereocenters. The Bertz CT molecular complexity index is 2130. The maximum atomic E-state index is 13.7. The number of nitrogens with one attached hydrogen (secondary N) is 1. The molecule has 0 atom stereocenters. The number of hydrogen-bond acceptors (Lipinski definition) is 8. The standard InChI is InChI=1S/C37H45ClN8O4S/c1-23-26(27-10-6-8-24(34(27)38)20-33(47)35-39-29-21-42(2)16-14-31(29)43(35)3)9-7-11-28(23)41-37(48)36-40-30-22-45(17-15-32(30)44(36)4)25-12-18-46(19-13-25)51(5,49)50/h6-11,25H,12-22H2,1-5H3,(H,41,48). The Labute approximate surface area is 304 Å². The third-order valence-corrected chi connectivity index (χ3v) is 12.6. The highest BCUT2D eigenvalue weighted by Crippen LogP contribution is 2.36. The molecule has 2 aromatic heterocycles. The first kappa shape index (κ1) is 35.5. The summed E-state index contributed by atoms with van der Waals surface area (Å²) in [5.74, 6) is 0.426. The van der Waals surface area contributed by atoms with E-state index >= 15 is 0 Å². The van der Waals surface area contributed by atoms with Crippen LogP contribution in [0.1, 0.15) is 68.0 Å². The lowest BCUT2D eigenvalue weighted by atomic mass is 9.96. The highest BCUT2D eigenvalue weighted by atomic mass is 35.5. The zero-order valence-corrected chi connectivity index (χ0v) is 31.4. The van der Waals surface area contributed by atoms with Crippen LogP contribution in [0.2, 0.25) is 5.02 Å². The Morgan fingerprint density at radius 1 is 0.863 bits per heavy atom. The molecule has 5 heterocycles. The molecule has 7 rings (SSSR count). The van der Waals surface area contributed by atoms with E-state index in [9.17, 15) is 18.0 Å². The van der Waals surface area contributed by atoms with Gasteiger partial charge in [-0.15, -0.1) is 0 Å². The Balaban J connectivity index is 1.06. The number of sulfonamides is 1. The van der Waals surface area contributed by atoms with Crippen molar-refractivity contribution in [2.45, 2.75) is 58.2 Å². The number of aromatic nitrogens is 4. The van der Waals surface area contributed by atoms with Gasteiger partial charge in [0.25, 0.3) is 5.91 Å². The van der Waals surface area contributed by atoms with Crippen LogP contribution in [0.15, 0.2) is 36.4 Å². The summed E-state index contributed by atoms with van der Waals surface area (Å²) in [4.78, 5) is 41.3. The number of nitrogens with zero attached hydrogens (tertiary/aromatic N) is 7. The van der Waals surface area contributed by atoms with Crippen LogP contribution in [-0.2, 0) is 56.5 Å². The fourth-order valence-electron chi connectivity index (χ4n) is 7.93.